The lowest BCUT2D eigenvalue weighted by Gasteiger charge is -2.15. The highest BCUT2D eigenvalue weighted by atomic mass is 79.9. The average molecular weight is 294 g/mol. The molecule has 0 saturated heterocycles. The number of benzene rings is 1. The van der Waals surface area contributed by atoms with Gasteiger partial charge in [0.2, 0.25) is 0 Å². The summed E-state index contributed by atoms with van der Waals surface area (Å²) in [5, 5.41) is 1.41. The van der Waals surface area contributed by atoms with Crippen molar-refractivity contribution in [3.63, 3.8) is 0 Å². The normalized spacial score (nSPS) is 10.1. The summed E-state index contributed by atoms with van der Waals surface area (Å²) in [6.07, 6.45) is 0. The highest BCUT2D eigenvalue weighted by Crippen LogP contribution is 2.28. The van der Waals surface area contributed by atoms with Crippen molar-refractivity contribution in [2.45, 2.75) is 0 Å². The van der Waals surface area contributed by atoms with Gasteiger partial charge in [-0.1, -0.05) is 27.5 Å². The Morgan fingerprint density at radius 1 is 1.60 bits per heavy atom. The predicted molar refractivity (Wildman–Crippen MR) is 62.7 cm³/mol. The highest BCUT2D eigenvalue weighted by Gasteiger charge is 2.17. The van der Waals surface area contributed by atoms with Crippen molar-refractivity contribution in [3.05, 3.63) is 27.2 Å². The zero-order chi connectivity index (χ0) is 11.6. The number of carbonyl (C=O) groups excluding carboxylic acids is 1. The first-order valence-corrected chi connectivity index (χ1v) is 5.21. The second-order valence-electron chi connectivity index (χ2n) is 2.83. The Kier molecular flexibility index (Phi) is 3.96. The molecule has 0 heterocycles. The molecular formula is C9H10BrClN2O2. The van der Waals surface area contributed by atoms with Gasteiger partial charge >= 0.3 is 0 Å². The fourth-order valence-corrected chi connectivity index (χ4v) is 1.82. The topological polar surface area (TPSA) is 55.6 Å². The Hall–Kier alpha value is -0.780. The summed E-state index contributed by atoms with van der Waals surface area (Å²) in [6, 6.07) is 3.22. The first-order valence-electron chi connectivity index (χ1n) is 4.04. The quantitative estimate of drug-likeness (QED) is 0.672. The van der Waals surface area contributed by atoms with Gasteiger partial charge < -0.3 is 5.73 Å². The van der Waals surface area contributed by atoms with Gasteiger partial charge in [0.15, 0.2) is 0 Å². The Balaban J connectivity index is 3.19. The molecule has 0 bridgehead atoms. The van der Waals surface area contributed by atoms with Crippen LogP contribution in [0.2, 0.25) is 5.02 Å². The van der Waals surface area contributed by atoms with Crippen LogP contribution >= 0.6 is 27.5 Å². The smallest absolute Gasteiger partial charge is 0.279 e. The highest BCUT2D eigenvalue weighted by molar-refractivity contribution is 9.10. The number of hydrogen-bond acceptors (Lipinski definition) is 3. The van der Waals surface area contributed by atoms with E-state index in [4.69, 9.17) is 22.2 Å². The number of amides is 1. The standard InChI is InChI=1S/C9H10BrClN2O2/c1-13(15-2)9(14)6-3-5(10)4-7(11)8(6)12/h3-4H,12H2,1-2H3. The SMILES string of the molecule is CON(C)C(=O)c1cc(Br)cc(Cl)c1N. The summed E-state index contributed by atoms with van der Waals surface area (Å²) in [6.45, 7) is 0. The first kappa shape index (κ1) is 12.3. The summed E-state index contributed by atoms with van der Waals surface area (Å²) in [4.78, 5) is 16.5. The second kappa shape index (κ2) is 4.83. The van der Waals surface area contributed by atoms with Crippen LogP contribution < -0.4 is 5.73 Å². The lowest BCUT2D eigenvalue weighted by Crippen LogP contribution is -2.26. The van der Waals surface area contributed by atoms with Crippen LogP contribution in [0, 0.1) is 0 Å². The number of hydrogen-bond donors (Lipinski definition) is 1. The minimum atomic E-state index is -0.349. The van der Waals surface area contributed by atoms with Crippen molar-refractivity contribution in [1.29, 1.82) is 0 Å². The molecule has 0 aliphatic rings. The van der Waals surface area contributed by atoms with Gasteiger partial charge in [-0.05, 0) is 12.1 Å². The van der Waals surface area contributed by atoms with Crippen molar-refractivity contribution in [1.82, 2.24) is 5.06 Å². The summed E-state index contributed by atoms with van der Waals surface area (Å²) in [5.74, 6) is -0.349. The largest absolute Gasteiger partial charge is 0.397 e. The Bertz CT molecular complexity index is 398. The summed E-state index contributed by atoms with van der Waals surface area (Å²) in [7, 11) is 2.89. The molecule has 0 atom stereocenters. The number of carbonyl (C=O) groups is 1. The van der Waals surface area contributed by atoms with Gasteiger partial charge in [-0.25, -0.2) is 5.06 Å². The number of nitrogen functional groups attached to an aromatic ring is 1. The van der Waals surface area contributed by atoms with Gasteiger partial charge in [-0.3, -0.25) is 9.63 Å². The van der Waals surface area contributed by atoms with E-state index in [1.54, 1.807) is 12.1 Å². The second-order valence-corrected chi connectivity index (χ2v) is 4.16. The van der Waals surface area contributed by atoms with Crippen LogP contribution in [0.15, 0.2) is 16.6 Å². The first-order chi connectivity index (χ1) is 6.97. The van der Waals surface area contributed by atoms with Crippen LogP contribution in [-0.2, 0) is 4.84 Å². The van der Waals surface area contributed by atoms with Gasteiger partial charge in [0.1, 0.15) is 0 Å². The number of nitrogens with two attached hydrogens (primary N) is 1. The molecule has 0 spiro atoms. The van der Waals surface area contributed by atoms with Gasteiger partial charge in [-0.15, -0.1) is 0 Å². The van der Waals surface area contributed by atoms with E-state index >= 15 is 0 Å². The molecule has 82 valence electrons. The minimum Gasteiger partial charge on any atom is -0.397 e. The molecule has 1 aromatic rings. The van der Waals surface area contributed by atoms with E-state index in [0.29, 0.717) is 15.1 Å². The number of rotatable bonds is 2. The van der Waals surface area contributed by atoms with Crippen molar-refractivity contribution in [2.75, 3.05) is 19.9 Å². The fraction of sp³-hybridized carbons (Fsp3) is 0.222. The average Bonchev–Trinajstić information content (AvgIpc) is 2.21. The molecule has 1 rings (SSSR count). The number of nitrogens with zero attached hydrogens (tertiary/aromatic N) is 1. The maximum Gasteiger partial charge on any atom is 0.279 e. The van der Waals surface area contributed by atoms with E-state index in [2.05, 4.69) is 15.9 Å². The molecule has 0 aromatic heterocycles. The Morgan fingerprint density at radius 3 is 2.73 bits per heavy atom. The van der Waals surface area contributed by atoms with Crippen molar-refractivity contribution < 1.29 is 9.63 Å². The molecule has 0 fully saturated rings. The third-order valence-corrected chi connectivity index (χ3v) is 2.66. The van der Waals surface area contributed by atoms with E-state index in [-0.39, 0.29) is 11.6 Å². The van der Waals surface area contributed by atoms with Gasteiger partial charge in [0.05, 0.1) is 23.4 Å². The van der Waals surface area contributed by atoms with Crippen LogP contribution in [0.25, 0.3) is 0 Å². The molecular weight excluding hydrogens is 283 g/mol. The number of anilines is 1. The zero-order valence-corrected chi connectivity index (χ0v) is 10.6. The number of halogens is 2. The molecule has 4 nitrogen and oxygen atoms in total. The van der Waals surface area contributed by atoms with E-state index in [1.807, 2.05) is 0 Å². The summed E-state index contributed by atoms with van der Waals surface area (Å²) >= 11 is 9.08. The molecule has 6 heteroatoms. The Morgan fingerprint density at radius 2 is 2.20 bits per heavy atom. The lowest BCUT2D eigenvalue weighted by atomic mass is 10.1. The summed E-state index contributed by atoms with van der Waals surface area (Å²) < 4.78 is 0.689. The van der Waals surface area contributed by atoms with Crippen molar-refractivity contribution in [2.24, 2.45) is 0 Å². The predicted octanol–water partition coefficient (Wildman–Crippen LogP) is 2.32. The third kappa shape index (κ3) is 2.62. The zero-order valence-electron chi connectivity index (χ0n) is 8.25. The molecule has 0 radical (unpaired) electrons. The monoisotopic (exact) mass is 292 g/mol. The van der Waals surface area contributed by atoms with Gasteiger partial charge in [0.25, 0.3) is 5.91 Å². The molecule has 1 aromatic carbocycles. The van der Waals surface area contributed by atoms with Crippen LogP contribution in [-0.4, -0.2) is 25.1 Å². The number of hydroxylamine groups is 2. The van der Waals surface area contributed by atoms with Crippen molar-refractivity contribution >= 4 is 39.1 Å². The van der Waals surface area contributed by atoms with Crippen LogP contribution in [0.4, 0.5) is 5.69 Å². The van der Waals surface area contributed by atoms with Crippen LogP contribution in [0.1, 0.15) is 10.4 Å². The maximum atomic E-state index is 11.7. The van der Waals surface area contributed by atoms with Gasteiger partial charge in [-0.2, -0.15) is 0 Å². The molecule has 0 unspecified atom stereocenters. The fourth-order valence-electron chi connectivity index (χ4n) is 1.01. The van der Waals surface area contributed by atoms with Crippen molar-refractivity contribution in [3.8, 4) is 0 Å². The Labute approximate surface area is 101 Å². The minimum absolute atomic E-state index is 0.244. The lowest BCUT2D eigenvalue weighted by molar-refractivity contribution is -0.0756. The maximum absolute atomic E-state index is 11.7. The van der Waals surface area contributed by atoms with E-state index in [9.17, 15) is 4.79 Å². The third-order valence-electron chi connectivity index (χ3n) is 1.88. The van der Waals surface area contributed by atoms with Crippen LogP contribution in [0.5, 0.6) is 0 Å². The molecule has 0 aliphatic heterocycles. The summed E-state index contributed by atoms with van der Waals surface area (Å²) in [5.41, 5.74) is 6.24. The molecule has 0 saturated carbocycles. The van der Waals surface area contributed by atoms with E-state index in [0.717, 1.165) is 5.06 Å². The van der Waals surface area contributed by atoms with E-state index in [1.165, 1.54) is 14.2 Å². The molecule has 1 amide bonds. The molecule has 0 aliphatic carbocycles. The van der Waals surface area contributed by atoms with Crippen LogP contribution in [0.3, 0.4) is 0 Å². The molecule has 15 heavy (non-hydrogen) atoms. The van der Waals surface area contributed by atoms with E-state index < -0.39 is 0 Å². The molecule has 2 N–H and O–H groups in total. The van der Waals surface area contributed by atoms with Gasteiger partial charge in [0, 0.05) is 11.5 Å².